The molecule has 0 aromatic heterocycles. The molecule has 1 aliphatic heterocycles. The number of carbonyl (C=O) groups is 1. The van der Waals surface area contributed by atoms with Gasteiger partial charge >= 0.3 is 0 Å². The van der Waals surface area contributed by atoms with Crippen LogP contribution in [0.1, 0.15) is 39.0 Å². The van der Waals surface area contributed by atoms with E-state index in [1.54, 1.807) is 7.11 Å². The number of ether oxygens (including phenoxy) is 1. The van der Waals surface area contributed by atoms with E-state index in [0.717, 1.165) is 6.54 Å². The third kappa shape index (κ3) is 4.17. The molecule has 4 atom stereocenters. The first kappa shape index (κ1) is 15.7. The maximum Gasteiger partial charge on any atom is 0.236 e. The lowest BCUT2D eigenvalue weighted by molar-refractivity contribution is -0.123. The zero-order valence-corrected chi connectivity index (χ0v) is 12.8. The number of rotatable bonds is 7. The van der Waals surface area contributed by atoms with E-state index in [-0.39, 0.29) is 11.9 Å². The number of methoxy groups -OCH3 is 1. The molecular formula is C15H29N3O2. The van der Waals surface area contributed by atoms with Crippen LogP contribution in [0.4, 0.5) is 0 Å². The Balaban J connectivity index is 1.77. The summed E-state index contributed by atoms with van der Waals surface area (Å²) in [5, 5.41) is 10.1. The van der Waals surface area contributed by atoms with Crippen molar-refractivity contribution in [2.24, 2.45) is 5.92 Å². The largest absolute Gasteiger partial charge is 0.383 e. The predicted molar refractivity (Wildman–Crippen MR) is 79.6 cm³/mol. The molecule has 1 amide bonds. The maximum absolute atomic E-state index is 12.0. The molecule has 2 fully saturated rings. The lowest BCUT2D eigenvalue weighted by Gasteiger charge is -2.28. The standard InChI is InChI=1S/C15H29N3O2/c1-11(15(19)17-9-10-20-2)18-14-6-3-5-12(14)13-7-4-8-16-13/h11-14,16,18H,3-10H2,1-2H3,(H,17,19). The van der Waals surface area contributed by atoms with Crippen molar-refractivity contribution in [3.8, 4) is 0 Å². The fourth-order valence-corrected chi connectivity index (χ4v) is 3.58. The van der Waals surface area contributed by atoms with Gasteiger partial charge in [0, 0.05) is 25.7 Å². The lowest BCUT2D eigenvalue weighted by Crippen LogP contribution is -2.50. The minimum absolute atomic E-state index is 0.0760. The monoisotopic (exact) mass is 283 g/mol. The summed E-state index contributed by atoms with van der Waals surface area (Å²) in [6, 6.07) is 1.01. The highest BCUT2D eigenvalue weighted by molar-refractivity contribution is 5.81. The number of nitrogens with one attached hydrogen (secondary N) is 3. The Hall–Kier alpha value is -0.650. The van der Waals surface area contributed by atoms with Crippen LogP contribution in [-0.4, -0.2) is 50.8 Å². The summed E-state index contributed by atoms with van der Waals surface area (Å²) in [5.41, 5.74) is 0. The van der Waals surface area contributed by atoms with E-state index < -0.39 is 0 Å². The van der Waals surface area contributed by atoms with Gasteiger partial charge in [0.05, 0.1) is 12.6 Å². The topological polar surface area (TPSA) is 62.4 Å². The molecule has 0 aromatic carbocycles. The van der Waals surface area contributed by atoms with Gasteiger partial charge in [-0.1, -0.05) is 6.42 Å². The van der Waals surface area contributed by atoms with Crippen molar-refractivity contribution in [3.63, 3.8) is 0 Å². The van der Waals surface area contributed by atoms with Crippen LogP contribution in [0.5, 0.6) is 0 Å². The van der Waals surface area contributed by atoms with Gasteiger partial charge < -0.3 is 20.7 Å². The molecule has 116 valence electrons. The normalized spacial score (nSPS) is 31.4. The number of hydrogen-bond acceptors (Lipinski definition) is 4. The van der Waals surface area contributed by atoms with Gasteiger partial charge in [0.1, 0.15) is 0 Å². The van der Waals surface area contributed by atoms with Crippen LogP contribution in [0, 0.1) is 5.92 Å². The summed E-state index contributed by atoms with van der Waals surface area (Å²) in [4.78, 5) is 12.0. The molecule has 2 aliphatic rings. The molecule has 4 unspecified atom stereocenters. The van der Waals surface area contributed by atoms with Gasteiger partial charge in [-0.3, -0.25) is 4.79 Å². The molecule has 2 rings (SSSR count). The summed E-state index contributed by atoms with van der Waals surface area (Å²) in [7, 11) is 1.64. The molecule has 1 saturated heterocycles. The van der Waals surface area contributed by atoms with Crippen LogP contribution in [0.15, 0.2) is 0 Å². The van der Waals surface area contributed by atoms with E-state index in [4.69, 9.17) is 4.74 Å². The highest BCUT2D eigenvalue weighted by Gasteiger charge is 2.35. The fraction of sp³-hybridized carbons (Fsp3) is 0.933. The van der Waals surface area contributed by atoms with E-state index >= 15 is 0 Å². The van der Waals surface area contributed by atoms with Crippen molar-refractivity contribution in [2.45, 2.75) is 57.2 Å². The molecule has 20 heavy (non-hydrogen) atoms. The Morgan fingerprint density at radius 3 is 2.90 bits per heavy atom. The molecule has 3 N–H and O–H groups in total. The van der Waals surface area contributed by atoms with Crippen molar-refractivity contribution < 1.29 is 9.53 Å². The summed E-state index contributed by atoms with van der Waals surface area (Å²) in [6.45, 7) is 4.26. The summed E-state index contributed by atoms with van der Waals surface area (Å²) >= 11 is 0. The molecular weight excluding hydrogens is 254 g/mol. The highest BCUT2D eigenvalue weighted by atomic mass is 16.5. The molecule has 0 aromatic rings. The first-order valence-electron chi connectivity index (χ1n) is 7.98. The second-order valence-electron chi connectivity index (χ2n) is 6.08. The van der Waals surface area contributed by atoms with Crippen LogP contribution >= 0.6 is 0 Å². The Morgan fingerprint density at radius 2 is 2.20 bits per heavy atom. The molecule has 0 radical (unpaired) electrons. The maximum atomic E-state index is 12.0. The van der Waals surface area contributed by atoms with Gasteiger partial charge in [-0.15, -0.1) is 0 Å². The first-order chi connectivity index (χ1) is 9.72. The van der Waals surface area contributed by atoms with E-state index in [2.05, 4.69) is 16.0 Å². The molecule has 5 nitrogen and oxygen atoms in total. The fourth-order valence-electron chi connectivity index (χ4n) is 3.58. The van der Waals surface area contributed by atoms with Crippen LogP contribution in [0.2, 0.25) is 0 Å². The van der Waals surface area contributed by atoms with E-state index in [9.17, 15) is 4.79 Å². The molecule has 1 aliphatic carbocycles. The molecule has 0 bridgehead atoms. The van der Waals surface area contributed by atoms with Gasteiger partial charge in [-0.25, -0.2) is 0 Å². The summed E-state index contributed by atoms with van der Waals surface area (Å²) < 4.78 is 4.95. The number of hydrogen-bond donors (Lipinski definition) is 3. The zero-order valence-electron chi connectivity index (χ0n) is 12.8. The third-order valence-electron chi connectivity index (χ3n) is 4.65. The van der Waals surface area contributed by atoms with Crippen LogP contribution in [-0.2, 0) is 9.53 Å². The van der Waals surface area contributed by atoms with E-state index in [0.29, 0.717) is 31.2 Å². The Kier molecular flexibility index (Phi) is 6.26. The van der Waals surface area contributed by atoms with Crippen LogP contribution in [0.3, 0.4) is 0 Å². The van der Waals surface area contributed by atoms with Gasteiger partial charge in [0.25, 0.3) is 0 Å². The minimum atomic E-state index is -0.126. The van der Waals surface area contributed by atoms with Crippen LogP contribution < -0.4 is 16.0 Å². The van der Waals surface area contributed by atoms with Gasteiger partial charge in [0.15, 0.2) is 0 Å². The smallest absolute Gasteiger partial charge is 0.236 e. The minimum Gasteiger partial charge on any atom is -0.383 e. The first-order valence-corrected chi connectivity index (χ1v) is 7.98. The highest BCUT2D eigenvalue weighted by Crippen LogP contribution is 2.32. The lowest BCUT2D eigenvalue weighted by atomic mass is 9.92. The van der Waals surface area contributed by atoms with Gasteiger partial charge in [-0.05, 0) is 45.1 Å². The summed E-state index contributed by atoms with van der Waals surface area (Å²) in [6.07, 6.45) is 6.34. The van der Waals surface area contributed by atoms with Gasteiger partial charge in [-0.2, -0.15) is 0 Å². The molecule has 5 heteroatoms. The average molecular weight is 283 g/mol. The number of amides is 1. The third-order valence-corrected chi connectivity index (χ3v) is 4.65. The van der Waals surface area contributed by atoms with Crippen molar-refractivity contribution in [1.82, 2.24) is 16.0 Å². The van der Waals surface area contributed by atoms with Crippen molar-refractivity contribution in [2.75, 3.05) is 26.8 Å². The van der Waals surface area contributed by atoms with E-state index in [1.807, 2.05) is 6.92 Å². The Bertz CT molecular complexity index is 305. The van der Waals surface area contributed by atoms with Crippen molar-refractivity contribution in [1.29, 1.82) is 0 Å². The average Bonchev–Trinajstić information content (AvgIpc) is 3.08. The zero-order chi connectivity index (χ0) is 14.4. The second kappa shape index (κ2) is 7.96. The van der Waals surface area contributed by atoms with Gasteiger partial charge in [0.2, 0.25) is 5.91 Å². The molecule has 1 heterocycles. The molecule has 1 saturated carbocycles. The number of carbonyl (C=O) groups excluding carboxylic acids is 1. The predicted octanol–water partition coefficient (Wildman–Crippen LogP) is 0.648. The molecule has 0 spiro atoms. The quantitative estimate of drug-likeness (QED) is 0.600. The van der Waals surface area contributed by atoms with Crippen molar-refractivity contribution >= 4 is 5.91 Å². The SMILES string of the molecule is COCCNC(=O)C(C)NC1CCCC1C1CCCN1. The second-order valence-corrected chi connectivity index (χ2v) is 6.08. The van der Waals surface area contributed by atoms with Crippen LogP contribution in [0.25, 0.3) is 0 Å². The van der Waals surface area contributed by atoms with E-state index in [1.165, 1.54) is 32.1 Å². The Labute approximate surface area is 122 Å². The summed E-state index contributed by atoms with van der Waals surface area (Å²) in [5.74, 6) is 0.763. The Morgan fingerprint density at radius 1 is 1.35 bits per heavy atom. The van der Waals surface area contributed by atoms with Crippen molar-refractivity contribution in [3.05, 3.63) is 0 Å².